The summed E-state index contributed by atoms with van der Waals surface area (Å²) in [5, 5.41) is 2.76. The molecule has 92 valence electrons. The summed E-state index contributed by atoms with van der Waals surface area (Å²) in [5.74, 6) is 0.184. The van der Waals surface area contributed by atoms with Gasteiger partial charge in [-0.15, -0.1) is 0 Å². The maximum atomic E-state index is 12.0. The Labute approximate surface area is 113 Å². The molecule has 0 fully saturated rings. The quantitative estimate of drug-likeness (QED) is 0.948. The summed E-state index contributed by atoms with van der Waals surface area (Å²) in [5.41, 5.74) is 1.11. The van der Waals surface area contributed by atoms with Crippen LogP contribution >= 0.6 is 15.9 Å². The fraction of sp³-hybridized carbons (Fsp3) is 0.0769. The third-order valence-electron chi connectivity index (χ3n) is 2.30. The predicted octanol–water partition coefficient (Wildman–Crippen LogP) is 3.11. The lowest BCUT2D eigenvalue weighted by Crippen LogP contribution is -2.12. The van der Waals surface area contributed by atoms with E-state index in [1.165, 1.54) is 7.11 Å². The number of methoxy groups -OCH3 is 1. The monoisotopic (exact) mass is 306 g/mol. The van der Waals surface area contributed by atoms with Gasteiger partial charge in [0.25, 0.3) is 5.91 Å². The van der Waals surface area contributed by atoms with Crippen LogP contribution in [0, 0.1) is 0 Å². The number of nitrogens with zero attached hydrogens (tertiary/aromatic N) is 1. The summed E-state index contributed by atoms with van der Waals surface area (Å²) in [6, 6.07) is 10.6. The zero-order chi connectivity index (χ0) is 13.0. The normalized spacial score (nSPS) is 9.89. The van der Waals surface area contributed by atoms with Crippen LogP contribution in [-0.2, 0) is 0 Å². The van der Waals surface area contributed by atoms with Crippen molar-refractivity contribution >= 4 is 27.5 Å². The molecule has 0 atom stereocenters. The number of nitrogens with one attached hydrogen (secondary N) is 1. The van der Waals surface area contributed by atoms with Gasteiger partial charge in [-0.2, -0.15) is 0 Å². The van der Waals surface area contributed by atoms with Gasteiger partial charge in [0.05, 0.1) is 7.11 Å². The van der Waals surface area contributed by atoms with E-state index >= 15 is 0 Å². The Morgan fingerprint density at radius 2 is 2.17 bits per heavy atom. The molecule has 2 rings (SSSR count). The minimum atomic E-state index is -0.206. The molecule has 1 heterocycles. The molecule has 0 aliphatic heterocycles. The highest BCUT2D eigenvalue weighted by atomic mass is 79.9. The highest BCUT2D eigenvalue weighted by Crippen LogP contribution is 2.21. The van der Waals surface area contributed by atoms with Gasteiger partial charge in [0.1, 0.15) is 5.69 Å². The largest absolute Gasteiger partial charge is 0.480 e. The Morgan fingerprint density at radius 1 is 1.33 bits per heavy atom. The summed E-state index contributed by atoms with van der Waals surface area (Å²) in [4.78, 5) is 16.0. The number of carbonyl (C=O) groups excluding carboxylic acids is 1. The van der Waals surface area contributed by atoms with Crippen molar-refractivity contribution in [1.29, 1.82) is 0 Å². The first-order chi connectivity index (χ1) is 8.70. The average Bonchev–Trinajstić information content (AvgIpc) is 2.39. The summed E-state index contributed by atoms with van der Waals surface area (Å²) < 4.78 is 5.93. The Balaban J connectivity index is 2.21. The maximum Gasteiger partial charge on any atom is 0.255 e. The Kier molecular flexibility index (Phi) is 3.94. The lowest BCUT2D eigenvalue weighted by Gasteiger charge is -2.08. The number of hydrogen-bond acceptors (Lipinski definition) is 3. The molecule has 0 bridgehead atoms. The first kappa shape index (κ1) is 12.6. The summed E-state index contributed by atoms with van der Waals surface area (Å²) in [6.07, 6.45) is 1.60. The molecular weight excluding hydrogens is 296 g/mol. The molecule has 1 N–H and O–H groups in total. The van der Waals surface area contributed by atoms with E-state index in [4.69, 9.17) is 4.74 Å². The van der Waals surface area contributed by atoms with Crippen LogP contribution in [0.15, 0.2) is 47.1 Å². The van der Waals surface area contributed by atoms with Gasteiger partial charge in [-0.3, -0.25) is 4.79 Å². The molecule has 4 nitrogen and oxygen atoms in total. The number of carbonyl (C=O) groups is 1. The molecule has 2 aromatic rings. The van der Waals surface area contributed by atoms with Crippen LogP contribution in [0.5, 0.6) is 5.88 Å². The number of anilines is 1. The fourth-order valence-electron chi connectivity index (χ4n) is 1.47. The number of rotatable bonds is 3. The standard InChI is InChI=1S/C13H11BrN2O2/c1-18-13-11(6-3-7-15-13)16-12(17)9-4-2-5-10(14)8-9/h2-8H,1H3,(H,16,17). The lowest BCUT2D eigenvalue weighted by molar-refractivity contribution is 0.102. The molecule has 0 unspecified atom stereocenters. The molecule has 5 heteroatoms. The second kappa shape index (κ2) is 5.64. The third-order valence-corrected chi connectivity index (χ3v) is 2.79. The van der Waals surface area contributed by atoms with E-state index in [2.05, 4.69) is 26.2 Å². The number of pyridine rings is 1. The summed E-state index contributed by atoms with van der Waals surface area (Å²) >= 11 is 3.33. The van der Waals surface area contributed by atoms with Crippen LogP contribution in [0.2, 0.25) is 0 Å². The molecule has 18 heavy (non-hydrogen) atoms. The van der Waals surface area contributed by atoms with Crippen molar-refractivity contribution in [1.82, 2.24) is 4.98 Å². The van der Waals surface area contributed by atoms with Gasteiger partial charge < -0.3 is 10.1 Å². The number of benzene rings is 1. The molecule has 0 aliphatic rings. The molecule has 1 aromatic carbocycles. The van der Waals surface area contributed by atoms with Crippen molar-refractivity contribution in [3.8, 4) is 5.88 Å². The number of ether oxygens (including phenoxy) is 1. The van der Waals surface area contributed by atoms with Crippen LogP contribution in [0.1, 0.15) is 10.4 Å². The highest BCUT2D eigenvalue weighted by molar-refractivity contribution is 9.10. The van der Waals surface area contributed by atoms with Gasteiger partial charge in [0, 0.05) is 16.2 Å². The van der Waals surface area contributed by atoms with E-state index in [-0.39, 0.29) is 5.91 Å². The smallest absolute Gasteiger partial charge is 0.255 e. The fourth-order valence-corrected chi connectivity index (χ4v) is 1.87. The van der Waals surface area contributed by atoms with Crippen molar-refractivity contribution in [2.45, 2.75) is 0 Å². The molecule has 0 saturated carbocycles. The van der Waals surface area contributed by atoms with Crippen molar-refractivity contribution < 1.29 is 9.53 Å². The van der Waals surface area contributed by atoms with Gasteiger partial charge >= 0.3 is 0 Å². The van der Waals surface area contributed by atoms with Crippen LogP contribution in [-0.4, -0.2) is 18.0 Å². The van der Waals surface area contributed by atoms with Crippen LogP contribution in [0.25, 0.3) is 0 Å². The van der Waals surface area contributed by atoms with Crippen molar-refractivity contribution in [2.75, 3.05) is 12.4 Å². The van der Waals surface area contributed by atoms with Crippen molar-refractivity contribution in [3.05, 3.63) is 52.6 Å². The van der Waals surface area contributed by atoms with Gasteiger partial charge in [-0.1, -0.05) is 22.0 Å². The Hall–Kier alpha value is -1.88. The van der Waals surface area contributed by atoms with Gasteiger partial charge in [-0.25, -0.2) is 4.98 Å². The summed E-state index contributed by atoms with van der Waals surface area (Å²) in [7, 11) is 1.51. The van der Waals surface area contributed by atoms with E-state index in [1.807, 2.05) is 6.07 Å². The van der Waals surface area contributed by atoms with Crippen LogP contribution in [0.3, 0.4) is 0 Å². The topological polar surface area (TPSA) is 51.2 Å². The minimum Gasteiger partial charge on any atom is -0.480 e. The van der Waals surface area contributed by atoms with E-state index in [0.29, 0.717) is 17.1 Å². The molecular formula is C13H11BrN2O2. The third kappa shape index (κ3) is 2.87. The second-order valence-corrected chi connectivity index (χ2v) is 4.44. The molecule has 1 amide bonds. The highest BCUT2D eigenvalue weighted by Gasteiger charge is 2.10. The zero-order valence-corrected chi connectivity index (χ0v) is 11.3. The van der Waals surface area contributed by atoms with E-state index in [1.54, 1.807) is 36.5 Å². The first-order valence-corrected chi connectivity index (χ1v) is 6.06. The van der Waals surface area contributed by atoms with Crippen molar-refractivity contribution in [3.63, 3.8) is 0 Å². The number of hydrogen-bond donors (Lipinski definition) is 1. The molecule has 1 aromatic heterocycles. The molecule has 0 aliphatic carbocycles. The second-order valence-electron chi connectivity index (χ2n) is 3.52. The van der Waals surface area contributed by atoms with E-state index in [0.717, 1.165) is 4.47 Å². The van der Waals surface area contributed by atoms with E-state index < -0.39 is 0 Å². The lowest BCUT2D eigenvalue weighted by atomic mass is 10.2. The average molecular weight is 307 g/mol. The number of amides is 1. The van der Waals surface area contributed by atoms with Crippen LogP contribution < -0.4 is 10.1 Å². The zero-order valence-electron chi connectivity index (χ0n) is 9.68. The predicted molar refractivity (Wildman–Crippen MR) is 72.9 cm³/mol. The van der Waals surface area contributed by atoms with Gasteiger partial charge in [0.2, 0.25) is 5.88 Å². The van der Waals surface area contributed by atoms with E-state index in [9.17, 15) is 4.79 Å². The Bertz CT molecular complexity index is 572. The molecule has 0 saturated heterocycles. The van der Waals surface area contributed by atoms with Crippen LogP contribution in [0.4, 0.5) is 5.69 Å². The summed E-state index contributed by atoms with van der Waals surface area (Å²) in [6.45, 7) is 0. The first-order valence-electron chi connectivity index (χ1n) is 5.26. The molecule has 0 radical (unpaired) electrons. The Morgan fingerprint density at radius 3 is 2.89 bits per heavy atom. The van der Waals surface area contributed by atoms with Gasteiger partial charge in [0.15, 0.2) is 0 Å². The minimum absolute atomic E-state index is 0.206. The van der Waals surface area contributed by atoms with Gasteiger partial charge in [-0.05, 0) is 30.3 Å². The SMILES string of the molecule is COc1ncccc1NC(=O)c1cccc(Br)c1. The maximum absolute atomic E-state index is 12.0. The molecule has 0 spiro atoms. The number of aromatic nitrogens is 1. The van der Waals surface area contributed by atoms with Crippen molar-refractivity contribution in [2.24, 2.45) is 0 Å². The number of halogens is 1.